The van der Waals surface area contributed by atoms with Crippen molar-refractivity contribution in [2.45, 2.75) is 19.2 Å². The molecule has 4 nitrogen and oxygen atoms in total. The van der Waals surface area contributed by atoms with Crippen molar-refractivity contribution in [3.8, 4) is 0 Å². The number of hydrogen-bond donors (Lipinski definition) is 0. The van der Waals surface area contributed by atoms with Gasteiger partial charge in [0.2, 0.25) is 5.82 Å². The summed E-state index contributed by atoms with van der Waals surface area (Å²) in [6.07, 6.45) is 0. The molecule has 1 atom stereocenters. The molecule has 18 heavy (non-hydrogen) atoms. The lowest BCUT2D eigenvalue weighted by Crippen LogP contribution is -2.26. The number of benzene rings is 1. The lowest BCUT2D eigenvalue weighted by Gasteiger charge is -2.21. The highest BCUT2D eigenvalue weighted by molar-refractivity contribution is 6.21. The minimum Gasteiger partial charge on any atom is -0.302 e. The fourth-order valence-corrected chi connectivity index (χ4v) is 2.01. The zero-order valence-corrected chi connectivity index (χ0v) is 11.2. The van der Waals surface area contributed by atoms with E-state index in [1.54, 1.807) is 0 Å². The first-order chi connectivity index (χ1) is 8.49. The van der Waals surface area contributed by atoms with Gasteiger partial charge in [-0.05, 0) is 24.7 Å². The highest BCUT2D eigenvalue weighted by atomic mass is 35.5. The van der Waals surface area contributed by atoms with E-state index in [0.29, 0.717) is 12.1 Å². The quantitative estimate of drug-likeness (QED) is 0.454. The van der Waals surface area contributed by atoms with Gasteiger partial charge in [-0.25, -0.2) is 0 Å². The van der Waals surface area contributed by atoms with Crippen LogP contribution in [0.4, 0.5) is 10.1 Å². The van der Waals surface area contributed by atoms with E-state index in [2.05, 4.69) is 4.90 Å². The Morgan fingerprint density at radius 3 is 2.56 bits per heavy atom. The van der Waals surface area contributed by atoms with Crippen LogP contribution in [-0.2, 0) is 0 Å². The molecule has 0 saturated heterocycles. The van der Waals surface area contributed by atoms with Gasteiger partial charge in [0.15, 0.2) is 0 Å². The summed E-state index contributed by atoms with van der Waals surface area (Å²) >= 11 is 6.20. The van der Waals surface area contributed by atoms with E-state index in [1.807, 2.05) is 13.8 Å². The van der Waals surface area contributed by atoms with Crippen molar-refractivity contribution in [1.29, 1.82) is 0 Å². The number of hydrogen-bond acceptors (Lipinski definition) is 3. The minimum atomic E-state index is -0.838. The normalized spacial score (nSPS) is 12.7. The molecule has 0 heterocycles. The molecule has 1 aromatic rings. The summed E-state index contributed by atoms with van der Waals surface area (Å²) in [5.41, 5.74) is 0.0364. The van der Waals surface area contributed by atoms with Crippen LogP contribution in [0.3, 0.4) is 0 Å². The number of rotatable bonds is 6. The third-order valence-electron chi connectivity index (χ3n) is 2.84. The summed E-state index contributed by atoms with van der Waals surface area (Å²) in [4.78, 5) is 12.0. The first-order valence-corrected chi connectivity index (χ1v) is 6.23. The molecule has 6 heteroatoms. The molecule has 0 aromatic heterocycles. The summed E-state index contributed by atoms with van der Waals surface area (Å²) < 4.78 is 13.2. The van der Waals surface area contributed by atoms with E-state index in [9.17, 15) is 14.5 Å². The molecule has 0 spiro atoms. The van der Waals surface area contributed by atoms with Crippen LogP contribution in [0.15, 0.2) is 18.2 Å². The Bertz CT molecular complexity index is 425. The van der Waals surface area contributed by atoms with Gasteiger partial charge in [-0.1, -0.05) is 19.9 Å². The van der Waals surface area contributed by atoms with E-state index < -0.39 is 16.4 Å². The summed E-state index contributed by atoms with van der Waals surface area (Å²) in [6.45, 7) is 6.31. The molecule has 1 unspecified atom stereocenters. The standard InChI is InChI=1S/C12H16ClFN2O2/c1-3-15(4-2)8-10(13)9-5-6-11(14)12(7-9)16(17)18/h5-7,10H,3-4,8H2,1-2H3. The van der Waals surface area contributed by atoms with E-state index in [0.717, 1.165) is 19.2 Å². The van der Waals surface area contributed by atoms with Crippen molar-refractivity contribution in [2.24, 2.45) is 0 Å². The predicted molar refractivity (Wildman–Crippen MR) is 69.4 cm³/mol. The van der Waals surface area contributed by atoms with E-state index in [1.165, 1.54) is 12.1 Å². The molecule has 100 valence electrons. The highest BCUT2D eigenvalue weighted by Gasteiger charge is 2.18. The van der Waals surface area contributed by atoms with E-state index >= 15 is 0 Å². The zero-order valence-electron chi connectivity index (χ0n) is 10.4. The number of halogens is 2. The summed E-state index contributed by atoms with van der Waals surface area (Å²) in [7, 11) is 0. The molecule has 0 amide bonds. The predicted octanol–water partition coefficient (Wildman–Crippen LogP) is 3.36. The zero-order chi connectivity index (χ0) is 13.7. The van der Waals surface area contributed by atoms with Gasteiger partial charge in [-0.3, -0.25) is 10.1 Å². The van der Waals surface area contributed by atoms with Gasteiger partial charge in [0, 0.05) is 12.6 Å². The molecule has 0 radical (unpaired) electrons. The third kappa shape index (κ3) is 3.65. The van der Waals surface area contributed by atoms with Crippen molar-refractivity contribution < 1.29 is 9.31 Å². The van der Waals surface area contributed by atoms with Crippen molar-refractivity contribution in [3.63, 3.8) is 0 Å². The van der Waals surface area contributed by atoms with Gasteiger partial charge in [0.05, 0.1) is 10.3 Å². The van der Waals surface area contributed by atoms with Gasteiger partial charge in [-0.15, -0.1) is 11.6 Å². The largest absolute Gasteiger partial charge is 0.305 e. The maximum atomic E-state index is 13.2. The maximum absolute atomic E-state index is 13.2. The van der Waals surface area contributed by atoms with Gasteiger partial charge in [0.25, 0.3) is 0 Å². The minimum absolute atomic E-state index is 0.385. The van der Waals surface area contributed by atoms with Gasteiger partial charge >= 0.3 is 5.69 Å². The molecule has 1 rings (SSSR count). The number of likely N-dealkylation sites (N-methyl/N-ethyl adjacent to an activating group) is 1. The molecular formula is C12H16ClFN2O2. The number of nitro groups is 1. The maximum Gasteiger partial charge on any atom is 0.305 e. The second kappa shape index (κ2) is 6.66. The smallest absolute Gasteiger partial charge is 0.302 e. The molecule has 0 aliphatic heterocycles. The Morgan fingerprint density at radius 2 is 2.06 bits per heavy atom. The molecule has 1 aromatic carbocycles. The highest BCUT2D eigenvalue weighted by Crippen LogP contribution is 2.27. The third-order valence-corrected chi connectivity index (χ3v) is 3.23. The average Bonchev–Trinajstić information content (AvgIpc) is 2.35. The summed E-state index contributed by atoms with van der Waals surface area (Å²) in [5, 5.41) is 10.3. The SMILES string of the molecule is CCN(CC)CC(Cl)c1ccc(F)c([N+](=O)[O-])c1. The van der Waals surface area contributed by atoms with Gasteiger partial charge in [0.1, 0.15) is 0 Å². The van der Waals surface area contributed by atoms with Crippen LogP contribution >= 0.6 is 11.6 Å². The van der Waals surface area contributed by atoms with Crippen LogP contribution in [-0.4, -0.2) is 29.5 Å². The van der Waals surface area contributed by atoms with Crippen molar-refractivity contribution in [1.82, 2.24) is 4.90 Å². The van der Waals surface area contributed by atoms with E-state index in [4.69, 9.17) is 11.6 Å². The summed E-state index contributed by atoms with van der Waals surface area (Å²) in [6, 6.07) is 3.78. The van der Waals surface area contributed by atoms with Crippen LogP contribution in [0, 0.1) is 15.9 Å². The molecular weight excluding hydrogens is 259 g/mol. The Morgan fingerprint density at radius 1 is 1.44 bits per heavy atom. The lowest BCUT2D eigenvalue weighted by atomic mass is 10.1. The molecule has 0 aliphatic rings. The van der Waals surface area contributed by atoms with Crippen molar-refractivity contribution in [3.05, 3.63) is 39.7 Å². The molecule has 0 bridgehead atoms. The summed E-state index contributed by atoms with van der Waals surface area (Å²) in [5.74, 6) is -0.838. The first-order valence-electron chi connectivity index (χ1n) is 5.79. The first kappa shape index (κ1) is 14.9. The molecule has 0 N–H and O–H groups in total. The van der Waals surface area contributed by atoms with E-state index in [-0.39, 0.29) is 5.38 Å². The van der Waals surface area contributed by atoms with Crippen LogP contribution < -0.4 is 0 Å². The van der Waals surface area contributed by atoms with Crippen LogP contribution in [0.2, 0.25) is 0 Å². The van der Waals surface area contributed by atoms with Gasteiger partial charge in [-0.2, -0.15) is 4.39 Å². The monoisotopic (exact) mass is 274 g/mol. The van der Waals surface area contributed by atoms with Crippen LogP contribution in [0.5, 0.6) is 0 Å². The Hall–Kier alpha value is -1.20. The molecule has 0 fully saturated rings. The number of alkyl halides is 1. The topological polar surface area (TPSA) is 46.4 Å². The number of nitro benzene ring substituents is 1. The second-order valence-electron chi connectivity index (χ2n) is 3.92. The fourth-order valence-electron chi connectivity index (χ4n) is 1.68. The Balaban J connectivity index is 2.89. The van der Waals surface area contributed by atoms with Crippen LogP contribution in [0.1, 0.15) is 24.8 Å². The second-order valence-corrected chi connectivity index (χ2v) is 4.45. The fraction of sp³-hybridized carbons (Fsp3) is 0.500. The molecule has 0 saturated carbocycles. The Kier molecular flexibility index (Phi) is 5.50. The average molecular weight is 275 g/mol. The van der Waals surface area contributed by atoms with Crippen LogP contribution in [0.25, 0.3) is 0 Å². The number of nitrogens with zero attached hydrogens (tertiary/aromatic N) is 2. The molecule has 0 aliphatic carbocycles. The van der Waals surface area contributed by atoms with Crippen molar-refractivity contribution in [2.75, 3.05) is 19.6 Å². The lowest BCUT2D eigenvalue weighted by molar-refractivity contribution is -0.387. The van der Waals surface area contributed by atoms with Crippen molar-refractivity contribution >= 4 is 17.3 Å². The Labute approximate surface area is 111 Å². The van der Waals surface area contributed by atoms with Gasteiger partial charge < -0.3 is 4.90 Å².